The van der Waals surface area contributed by atoms with E-state index < -0.39 is 17.6 Å². The Balaban J connectivity index is 1.87. The zero-order valence-corrected chi connectivity index (χ0v) is 13.9. The third-order valence-corrected chi connectivity index (χ3v) is 3.77. The highest BCUT2D eigenvalue weighted by Gasteiger charge is 2.31. The smallest absolute Gasteiger partial charge is 0.322 e. The van der Waals surface area contributed by atoms with Gasteiger partial charge in [-0.05, 0) is 48.9 Å². The molecule has 27 heavy (non-hydrogen) atoms. The summed E-state index contributed by atoms with van der Waals surface area (Å²) in [5.41, 5.74) is 0.322. The van der Waals surface area contributed by atoms with Crippen LogP contribution in [0.25, 0.3) is 10.9 Å². The largest absolute Gasteiger partial charge is 0.416 e. The first-order chi connectivity index (χ1) is 12.7. The number of carbonyl (C=O) groups is 1. The Morgan fingerprint density at radius 1 is 1.11 bits per heavy atom. The monoisotopic (exact) mass is 373 g/mol. The predicted molar refractivity (Wildman–Crippen MR) is 91.7 cm³/mol. The number of aryl methyl sites for hydroxylation is 1. The number of hydrogen-bond donors (Lipinski definition) is 1. The van der Waals surface area contributed by atoms with Gasteiger partial charge in [0.2, 0.25) is 15.6 Å². The number of benzene rings is 2. The van der Waals surface area contributed by atoms with Gasteiger partial charge in [-0.25, -0.2) is 0 Å². The number of carbonyl (C=O) groups excluding carboxylic acids is 1. The third-order valence-electron chi connectivity index (χ3n) is 3.77. The summed E-state index contributed by atoms with van der Waals surface area (Å²) in [5, 5.41) is 7.85. The molecule has 0 atom stereocenters. The van der Waals surface area contributed by atoms with Gasteiger partial charge in [0, 0.05) is 22.5 Å². The van der Waals surface area contributed by atoms with E-state index in [1.165, 1.54) is 12.1 Å². The number of nitrogens with one attached hydrogen (secondary N) is 1. The van der Waals surface area contributed by atoms with E-state index in [2.05, 4.69) is 20.1 Å². The lowest BCUT2D eigenvalue weighted by Gasteiger charge is -2.05. The van der Waals surface area contributed by atoms with Gasteiger partial charge < -0.3 is 4.98 Å². The number of aromatic nitrogens is 1. The predicted octanol–water partition coefficient (Wildman–Crippen LogP) is 4.30. The number of rotatable bonds is 2. The van der Waals surface area contributed by atoms with Crippen molar-refractivity contribution < 1.29 is 18.0 Å². The number of alkyl halides is 3. The highest BCUT2D eigenvalue weighted by atomic mass is 19.4. The molecule has 2 aromatic carbocycles. The molecule has 0 saturated heterocycles. The summed E-state index contributed by atoms with van der Waals surface area (Å²) in [5.74, 6) is -0.939. The van der Waals surface area contributed by atoms with E-state index in [-0.39, 0.29) is 11.1 Å². The summed E-state index contributed by atoms with van der Waals surface area (Å²) < 4.78 is 38.1. The highest BCUT2D eigenvalue weighted by molar-refractivity contribution is 5.94. The standard InChI is InChI=1S/C18H11F3N4O2/c1-10-7-16(26)22-15-6-5-13(9-14(10)15)23-25-24-17(27)11-3-2-4-12(8-11)18(19,20)21/h2-9H,1H3/p+1. The second kappa shape index (κ2) is 6.97. The molecule has 1 heterocycles. The van der Waals surface area contributed by atoms with Gasteiger partial charge in [0.25, 0.3) is 0 Å². The van der Waals surface area contributed by atoms with Crippen LogP contribution in [-0.2, 0) is 6.18 Å². The van der Waals surface area contributed by atoms with Gasteiger partial charge in [0.15, 0.2) is 10.8 Å². The Morgan fingerprint density at radius 3 is 2.63 bits per heavy atom. The maximum atomic E-state index is 12.7. The van der Waals surface area contributed by atoms with E-state index in [4.69, 9.17) is 0 Å². The number of amides is 1. The molecule has 0 saturated carbocycles. The maximum absolute atomic E-state index is 12.7. The van der Waals surface area contributed by atoms with Crippen LogP contribution in [0.5, 0.6) is 0 Å². The molecule has 0 aliphatic rings. The first kappa shape index (κ1) is 18.2. The molecule has 0 aliphatic carbocycles. The van der Waals surface area contributed by atoms with Crippen molar-refractivity contribution in [3.63, 3.8) is 0 Å². The molecule has 0 radical (unpaired) electrons. The van der Waals surface area contributed by atoms with E-state index in [1.54, 1.807) is 25.1 Å². The van der Waals surface area contributed by atoms with Crippen LogP contribution in [0.15, 0.2) is 63.6 Å². The Labute approximate surface area is 150 Å². The number of fused-ring (bicyclic) bond motifs is 1. The van der Waals surface area contributed by atoms with Crippen LogP contribution in [0.1, 0.15) is 21.5 Å². The van der Waals surface area contributed by atoms with Gasteiger partial charge >= 0.3 is 12.1 Å². The molecule has 6 nitrogen and oxygen atoms in total. The summed E-state index contributed by atoms with van der Waals surface area (Å²) in [4.78, 5) is 29.4. The van der Waals surface area contributed by atoms with Crippen LogP contribution < -0.4 is 10.5 Å². The fourth-order valence-corrected chi connectivity index (χ4v) is 2.47. The van der Waals surface area contributed by atoms with Crippen LogP contribution in [0.2, 0.25) is 0 Å². The zero-order chi connectivity index (χ0) is 19.6. The van der Waals surface area contributed by atoms with Crippen molar-refractivity contribution >= 4 is 22.5 Å². The van der Waals surface area contributed by atoms with E-state index in [0.717, 1.165) is 23.1 Å². The quantitative estimate of drug-likeness (QED) is 0.536. The Bertz CT molecular complexity index is 1160. The topological polar surface area (TPSA) is 88.8 Å². The first-order valence-electron chi connectivity index (χ1n) is 7.71. The average Bonchev–Trinajstić information content (AvgIpc) is 2.61. The number of aromatic amines is 1. The Morgan fingerprint density at radius 2 is 1.89 bits per heavy atom. The Hall–Kier alpha value is -3.58. The summed E-state index contributed by atoms with van der Waals surface area (Å²) >= 11 is 0. The van der Waals surface area contributed by atoms with Crippen LogP contribution >= 0.6 is 0 Å². The van der Waals surface area contributed by atoms with Gasteiger partial charge in [-0.2, -0.15) is 13.2 Å². The molecular weight excluding hydrogens is 361 g/mol. The lowest BCUT2D eigenvalue weighted by atomic mass is 10.1. The van der Waals surface area contributed by atoms with Crippen LogP contribution in [0, 0.1) is 6.92 Å². The van der Waals surface area contributed by atoms with E-state index in [0.29, 0.717) is 17.3 Å². The Kier molecular flexibility index (Phi) is 4.70. The highest BCUT2D eigenvalue weighted by Crippen LogP contribution is 2.29. The lowest BCUT2D eigenvalue weighted by molar-refractivity contribution is -0.137. The molecule has 0 unspecified atom stereocenters. The van der Waals surface area contributed by atoms with Crippen molar-refractivity contribution in [1.29, 1.82) is 0 Å². The molecule has 3 rings (SSSR count). The molecule has 1 N–H and O–H groups in total. The summed E-state index contributed by atoms with van der Waals surface area (Å²) in [6.45, 7) is 1.76. The molecular formula is C18H12F3N4O2+. The second-order valence-corrected chi connectivity index (χ2v) is 5.72. The molecule has 3 aromatic rings. The van der Waals surface area contributed by atoms with Crippen LogP contribution in [0.3, 0.4) is 0 Å². The fraction of sp³-hybridized carbons (Fsp3) is 0.111. The number of pyridine rings is 1. The fourth-order valence-electron chi connectivity index (χ4n) is 2.47. The molecule has 0 bridgehead atoms. The van der Waals surface area contributed by atoms with Gasteiger partial charge in [-0.15, -0.1) is 0 Å². The van der Waals surface area contributed by atoms with Gasteiger partial charge in [-0.3, -0.25) is 9.59 Å². The van der Waals surface area contributed by atoms with Gasteiger partial charge in [0.1, 0.15) is 0 Å². The van der Waals surface area contributed by atoms with Crippen molar-refractivity contribution in [3.8, 4) is 0 Å². The summed E-state index contributed by atoms with van der Waals surface area (Å²) in [6.07, 6.45) is -4.55. The van der Waals surface area contributed by atoms with Crippen molar-refractivity contribution in [3.05, 3.63) is 75.6 Å². The lowest BCUT2D eigenvalue weighted by Crippen LogP contribution is -2.06. The van der Waals surface area contributed by atoms with E-state index in [9.17, 15) is 22.8 Å². The van der Waals surface area contributed by atoms with Crippen molar-refractivity contribution in [1.82, 2.24) is 9.90 Å². The minimum absolute atomic E-state index is 0.226. The third kappa shape index (κ3) is 4.16. The number of nitrogens with zero attached hydrogens (tertiary/aromatic N) is 3. The zero-order valence-electron chi connectivity index (χ0n) is 13.9. The molecule has 9 heteroatoms. The summed E-state index contributed by atoms with van der Waals surface area (Å²) in [6, 6.07) is 10.2. The minimum Gasteiger partial charge on any atom is -0.322 e. The number of hydrogen-bond acceptors (Lipinski definition) is 3. The van der Waals surface area contributed by atoms with Crippen molar-refractivity contribution in [2.75, 3.05) is 0 Å². The SMILES string of the molecule is Cc1cc(=O)[nH]c2ccc(N=[N+]=NC(=O)c3cccc(C(F)(F)F)c3)cc12. The molecule has 0 fully saturated rings. The van der Waals surface area contributed by atoms with Crippen molar-refractivity contribution in [2.45, 2.75) is 13.1 Å². The minimum atomic E-state index is -4.55. The van der Waals surface area contributed by atoms with Crippen LogP contribution in [-0.4, -0.2) is 10.9 Å². The number of halogens is 3. The van der Waals surface area contributed by atoms with E-state index >= 15 is 0 Å². The molecule has 0 aliphatic heterocycles. The van der Waals surface area contributed by atoms with Crippen LogP contribution in [0.4, 0.5) is 18.9 Å². The second-order valence-electron chi connectivity index (χ2n) is 5.72. The first-order valence-corrected chi connectivity index (χ1v) is 7.71. The molecule has 1 amide bonds. The summed E-state index contributed by atoms with van der Waals surface area (Å²) in [7, 11) is 0. The van der Waals surface area contributed by atoms with Gasteiger partial charge in [0.05, 0.1) is 5.56 Å². The molecule has 136 valence electrons. The maximum Gasteiger partial charge on any atom is 0.416 e. The van der Waals surface area contributed by atoms with Gasteiger partial charge in [-0.1, -0.05) is 6.07 Å². The molecule has 0 spiro atoms. The normalized spacial score (nSPS) is 11.1. The average molecular weight is 373 g/mol. The number of H-pyrrole nitrogens is 1. The molecule has 1 aromatic heterocycles. The van der Waals surface area contributed by atoms with Crippen molar-refractivity contribution in [2.24, 2.45) is 10.2 Å². The van der Waals surface area contributed by atoms with E-state index in [1.807, 2.05) is 0 Å².